The van der Waals surface area contributed by atoms with E-state index in [1.807, 2.05) is 13.8 Å². The molecule has 0 saturated heterocycles. The van der Waals surface area contributed by atoms with Crippen molar-refractivity contribution in [2.45, 2.75) is 45.7 Å². The molecule has 1 aromatic rings. The Bertz CT molecular complexity index is 571. The lowest BCUT2D eigenvalue weighted by molar-refractivity contribution is -0.0850. The maximum atomic E-state index is 12.1. The van der Waals surface area contributed by atoms with Crippen LogP contribution in [0.5, 0.6) is 11.5 Å². The van der Waals surface area contributed by atoms with E-state index < -0.39 is 11.2 Å². The first kappa shape index (κ1) is 21.6. The first-order chi connectivity index (χ1) is 11.8. The number of hydrogen-bond donors (Lipinski definition) is 1. The minimum absolute atomic E-state index is 0.151. The van der Waals surface area contributed by atoms with E-state index in [1.54, 1.807) is 12.1 Å². The lowest BCUT2D eigenvalue weighted by atomic mass is 10.1. The summed E-state index contributed by atoms with van der Waals surface area (Å²) >= 11 is 5.07. The number of unbranched alkanes of at least 4 members (excludes halogenated alkanes) is 2. The van der Waals surface area contributed by atoms with Crippen LogP contribution in [0, 0.1) is 6.92 Å². The van der Waals surface area contributed by atoms with E-state index in [0.717, 1.165) is 48.6 Å². The van der Waals surface area contributed by atoms with Crippen LogP contribution in [0.2, 0.25) is 0 Å². The van der Waals surface area contributed by atoms with E-state index in [9.17, 15) is 18.3 Å². The maximum Gasteiger partial charge on any atom is 0.426 e. The van der Waals surface area contributed by atoms with Crippen LogP contribution in [0.1, 0.15) is 37.3 Å². The van der Waals surface area contributed by atoms with Crippen molar-refractivity contribution >= 4 is 11.6 Å². The lowest BCUT2D eigenvalue weighted by Crippen LogP contribution is -2.08. The first-order valence-corrected chi connectivity index (χ1v) is 8.59. The van der Waals surface area contributed by atoms with Crippen molar-refractivity contribution in [2.24, 2.45) is 0 Å². The van der Waals surface area contributed by atoms with Crippen LogP contribution in [0.25, 0.3) is 0 Å². The van der Waals surface area contributed by atoms with Crippen LogP contribution < -0.4 is 4.74 Å². The fraction of sp³-hybridized carbons (Fsp3) is 0.556. The topological polar surface area (TPSA) is 38.7 Å². The zero-order valence-electron chi connectivity index (χ0n) is 14.5. The third-order valence-corrected chi connectivity index (χ3v) is 3.92. The summed E-state index contributed by atoms with van der Waals surface area (Å²) in [7, 11) is 0. The smallest absolute Gasteiger partial charge is 0.426 e. The van der Waals surface area contributed by atoms with Gasteiger partial charge in [-0.05, 0) is 61.9 Å². The number of allylic oxidation sites excluding steroid dienone is 1. The van der Waals surface area contributed by atoms with Gasteiger partial charge in [0.1, 0.15) is 16.5 Å². The molecule has 0 aliphatic carbocycles. The van der Waals surface area contributed by atoms with Crippen LogP contribution in [0.4, 0.5) is 13.2 Å². The average molecular weight is 381 g/mol. The Hall–Kier alpha value is -1.40. The molecule has 25 heavy (non-hydrogen) atoms. The molecule has 0 fully saturated rings. The van der Waals surface area contributed by atoms with Gasteiger partial charge in [0.25, 0.3) is 0 Å². The molecule has 0 spiro atoms. The van der Waals surface area contributed by atoms with E-state index in [2.05, 4.69) is 0 Å². The van der Waals surface area contributed by atoms with Gasteiger partial charge in [0, 0.05) is 6.61 Å². The molecule has 0 aliphatic rings. The molecule has 0 saturated carbocycles. The Labute approximate surface area is 151 Å². The monoisotopic (exact) mass is 380 g/mol. The predicted octanol–water partition coefficient (Wildman–Crippen LogP) is 5.51. The third-order valence-electron chi connectivity index (χ3n) is 3.55. The van der Waals surface area contributed by atoms with E-state index in [4.69, 9.17) is 21.1 Å². The zero-order valence-corrected chi connectivity index (χ0v) is 15.2. The highest BCUT2D eigenvalue weighted by molar-refractivity contribution is 6.30. The van der Waals surface area contributed by atoms with E-state index in [1.165, 1.54) is 0 Å². The van der Waals surface area contributed by atoms with Gasteiger partial charge in [-0.1, -0.05) is 18.5 Å². The Morgan fingerprint density at radius 1 is 1.20 bits per heavy atom. The molecular weight excluding hydrogens is 357 g/mol. The quantitative estimate of drug-likeness (QED) is 0.543. The Morgan fingerprint density at radius 3 is 2.52 bits per heavy atom. The van der Waals surface area contributed by atoms with Crippen molar-refractivity contribution in [3.05, 3.63) is 34.4 Å². The number of rotatable bonds is 10. The van der Waals surface area contributed by atoms with Gasteiger partial charge in [-0.15, -0.1) is 0 Å². The summed E-state index contributed by atoms with van der Waals surface area (Å²) in [5, 5.41) is 8.44. The van der Waals surface area contributed by atoms with Crippen molar-refractivity contribution in [1.82, 2.24) is 0 Å². The van der Waals surface area contributed by atoms with Gasteiger partial charge in [0.15, 0.2) is 0 Å². The zero-order chi connectivity index (χ0) is 18.9. The van der Waals surface area contributed by atoms with Crippen LogP contribution in [-0.2, 0) is 11.2 Å². The van der Waals surface area contributed by atoms with Crippen LogP contribution in [-0.4, -0.2) is 31.1 Å². The van der Waals surface area contributed by atoms with Crippen molar-refractivity contribution in [1.29, 1.82) is 0 Å². The molecule has 0 unspecified atom stereocenters. The summed E-state index contributed by atoms with van der Waals surface area (Å²) < 4.78 is 47.3. The summed E-state index contributed by atoms with van der Waals surface area (Å²) in [6.07, 6.45) is -0.528. The van der Waals surface area contributed by atoms with Gasteiger partial charge in [-0.3, -0.25) is 0 Å². The molecule has 0 aromatic heterocycles. The average Bonchev–Trinajstić information content (AvgIpc) is 2.53. The highest BCUT2D eigenvalue weighted by Crippen LogP contribution is 2.29. The number of benzene rings is 1. The van der Waals surface area contributed by atoms with Gasteiger partial charge in [0.2, 0.25) is 0 Å². The molecule has 1 aromatic carbocycles. The molecule has 0 heterocycles. The van der Waals surface area contributed by atoms with Crippen molar-refractivity contribution < 1.29 is 27.8 Å². The van der Waals surface area contributed by atoms with Crippen molar-refractivity contribution in [2.75, 3.05) is 19.8 Å². The predicted molar refractivity (Wildman–Crippen MR) is 92.4 cm³/mol. The standard InChI is InChI=1S/C18H24ClF3O3/c1-3-14-12-15(23)11-13(2)17(14)25-9-6-4-5-8-24-10-7-16(19)18(20,21)22/h7,11-12,23H,3-6,8-10H2,1-2H3/b16-7-. The summed E-state index contributed by atoms with van der Waals surface area (Å²) in [6, 6.07) is 3.37. The number of aryl methyl sites for hydroxylation is 2. The van der Waals surface area contributed by atoms with Gasteiger partial charge >= 0.3 is 6.18 Å². The minimum Gasteiger partial charge on any atom is -0.508 e. The summed E-state index contributed by atoms with van der Waals surface area (Å²) in [5.41, 5.74) is 1.86. The molecule has 142 valence electrons. The van der Waals surface area contributed by atoms with Gasteiger partial charge in [-0.25, -0.2) is 0 Å². The lowest BCUT2D eigenvalue weighted by Gasteiger charge is -2.14. The second kappa shape index (κ2) is 10.6. The molecule has 0 amide bonds. The largest absolute Gasteiger partial charge is 0.508 e. The summed E-state index contributed by atoms with van der Waals surface area (Å²) in [6.45, 7) is 4.65. The fourth-order valence-electron chi connectivity index (χ4n) is 2.28. The molecule has 3 nitrogen and oxygen atoms in total. The number of halogens is 4. The van der Waals surface area contributed by atoms with Crippen LogP contribution in [0.3, 0.4) is 0 Å². The normalized spacial score (nSPS) is 12.5. The van der Waals surface area contributed by atoms with Crippen LogP contribution >= 0.6 is 11.6 Å². The minimum atomic E-state index is -4.51. The van der Waals surface area contributed by atoms with E-state index in [0.29, 0.717) is 13.2 Å². The molecular formula is C18H24ClF3O3. The number of hydrogen-bond acceptors (Lipinski definition) is 3. The van der Waals surface area contributed by atoms with Crippen molar-refractivity contribution in [3.63, 3.8) is 0 Å². The molecule has 0 radical (unpaired) electrons. The maximum absolute atomic E-state index is 12.1. The second-order valence-electron chi connectivity index (χ2n) is 5.64. The third kappa shape index (κ3) is 8.01. The number of phenolic OH excluding ortho intramolecular Hbond substituents is 1. The number of alkyl halides is 3. The molecule has 0 bridgehead atoms. The molecule has 1 N–H and O–H groups in total. The van der Waals surface area contributed by atoms with Crippen LogP contribution in [0.15, 0.2) is 23.2 Å². The summed E-state index contributed by atoms with van der Waals surface area (Å²) in [4.78, 5) is 0. The Kier molecular flexibility index (Phi) is 9.14. The first-order valence-electron chi connectivity index (χ1n) is 8.21. The number of aromatic hydroxyl groups is 1. The molecule has 0 atom stereocenters. The van der Waals surface area contributed by atoms with Gasteiger partial charge in [-0.2, -0.15) is 13.2 Å². The fourth-order valence-corrected chi connectivity index (χ4v) is 2.35. The number of ether oxygens (including phenoxy) is 2. The highest BCUT2D eigenvalue weighted by atomic mass is 35.5. The number of phenols is 1. The second-order valence-corrected chi connectivity index (χ2v) is 6.05. The SMILES string of the molecule is CCc1cc(O)cc(C)c1OCCCCCOC/C=C(\Cl)C(F)(F)F. The van der Waals surface area contributed by atoms with Gasteiger partial charge < -0.3 is 14.6 Å². The van der Waals surface area contributed by atoms with E-state index >= 15 is 0 Å². The Morgan fingerprint density at radius 2 is 1.88 bits per heavy atom. The molecule has 7 heteroatoms. The van der Waals surface area contributed by atoms with Gasteiger partial charge in [0.05, 0.1) is 13.2 Å². The van der Waals surface area contributed by atoms with E-state index in [-0.39, 0.29) is 12.4 Å². The molecule has 1 rings (SSSR count). The van der Waals surface area contributed by atoms with Crippen molar-refractivity contribution in [3.8, 4) is 11.5 Å². The summed E-state index contributed by atoms with van der Waals surface area (Å²) in [5.74, 6) is 1.04. The highest BCUT2D eigenvalue weighted by Gasteiger charge is 2.31. The Balaban J connectivity index is 2.20. The molecule has 0 aliphatic heterocycles.